The lowest BCUT2D eigenvalue weighted by atomic mass is 10.0. The van der Waals surface area contributed by atoms with Gasteiger partial charge in [-0.25, -0.2) is 4.79 Å². The number of aromatic carboxylic acids is 1. The first-order valence-corrected chi connectivity index (χ1v) is 5.07. The van der Waals surface area contributed by atoms with Gasteiger partial charge in [0.05, 0.1) is 5.56 Å². The summed E-state index contributed by atoms with van der Waals surface area (Å²) in [6, 6.07) is 4.98. The van der Waals surface area contributed by atoms with Crippen molar-refractivity contribution < 1.29 is 14.7 Å². The van der Waals surface area contributed by atoms with E-state index >= 15 is 0 Å². The van der Waals surface area contributed by atoms with Gasteiger partial charge in [-0.3, -0.25) is 0 Å². The van der Waals surface area contributed by atoms with Gasteiger partial charge in [0.1, 0.15) is 6.29 Å². The fourth-order valence-electron chi connectivity index (χ4n) is 1.35. The molecular weight excluding hydrogens is 216 g/mol. The van der Waals surface area contributed by atoms with Crippen molar-refractivity contribution >= 4 is 23.9 Å². The van der Waals surface area contributed by atoms with Crippen LogP contribution in [0.1, 0.15) is 27.9 Å². The molecule has 0 unspecified atom stereocenters. The van der Waals surface area contributed by atoms with Crippen LogP contribution in [-0.2, 0) is 17.1 Å². The summed E-state index contributed by atoms with van der Waals surface area (Å²) in [6.07, 6.45) is 1.90. The zero-order valence-corrected chi connectivity index (χ0v) is 8.83. The lowest BCUT2D eigenvalue weighted by Crippen LogP contribution is -2.02. The maximum absolute atomic E-state index is 10.8. The number of carboxylic acids is 1. The molecule has 1 rings (SSSR count). The smallest absolute Gasteiger partial charge is 0.336 e. The molecule has 0 bridgehead atoms. The molecule has 0 aliphatic carbocycles. The van der Waals surface area contributed by atoms with E-state index in [1.807, 2.05) is 0 Å². The van der Waals surface area contributed by atoms with Crippen molar-refractivity contribution in [1.82, 2.24) is 0 Å². The first-order chi connectivity index (χ1) is 7.19. The minimum Gasteiger partial charge on any atom is -0.478 e. The highest BCUT2D eigenvalue weighted by atomic mass is 35.5. The van der Waals surface area contributed by atoms with Crippen LogP contribution in [0.15, 0.2) is 18.2 Å². The fraction of sp³-hybridized carbons (Fsp3) is 0.273. The number of aryl methyl sites for hydroxylation is 1. The van der Waals surface area contributed by atoms with Crippen molar-refractivity contribution in [2.45, 2.75) is 18.7 Å². The van der Waals surface area contributed by atoms with Crippen LogP contribution < -0.4 is 0 Å². The van der Waals surface area contributed by atoms with E-state index in [9.17, 15) is 9.59 Å². The molecule has 1 aromatic carbocycles. The van der Waals surface area contributed by atoms with Crippen molar-refractivity contribution in [2.75, 3.05) is 0 Å². The molecule has 0 fully saturated rings. The zero-order chi connectivity index (χ0) is 11.3. The highest BCUT2D eigenvalue weighted by Crippen LogP contribution is 2.15. The number of carbonyl (C=O) groups excluding carboxylic acids is 1. The molecule has 0 saturated carbocycles. The summed E-state index contributed by atoms with van der Waals surface area (Å²) < 4.78 is 0. The van der Waals surface area contributed by atoms with E-state index in [-0.39, 0.29) is 11.4 Å². The number of hydrogen-bond acceptors (Lipinski definition) is 2. The lowest BCUT2D eigenvalue weighted by molar-refractivity contribution is -0.107. The Morgan fingerprint density at radius 2 is 2.20 bits per heavy atom. The number of rotatable bonds is 5. The second kappa shape index (κ2) is 5.51. The Balaban J connectivity index is 2.96. The maximum atomic E-state index is 10.8. The Bertz CT molecular complexity index is 374. The SMILES string of the molecule is O=CCCc1ccc(C(=O)O)c(CCl)c1. The number of benzene rings is 1. The van der Waals surface area contributed by atoms with Gasteiger partial charge in [-0.2, -0.15) is 0 Å². The number of hydrogen-bond donors (Lipinski definition) is 1. The van der Waals surface area contributed by atoms with Crippen molar-refractivity contribution in [2.24, 2.45) is 0 Å². The fourth-order valence-corrected chi connectivity index (χ4v) is 1.57. The highest BCUT2D eigenvalue weighted by molar-refractivity contribution is 6.17. The third-order valence-corrected chi connectivity index (χ3v) is 2.38. The molecule has 80 valence electrons. The van der Waals surface area contributed by atoms with Crippen LogP contribution in [-0.4, -0.2) is 17.4 Å². The van der Waals surface area contributed by atoms with Gasteiger partial charge in [0.2, 0.25) is 0 Å². The van der Waals surface area contributed by atoms with Crippen molar-refractivity contribution in [1.29, 1.82) is 0 Å². The second-order valence-corrected chi connectivity index (χ2v) is 3.40. The second-order valence-electron chi connectivity index (χ2n) is 3.14. The number of aldehydes is 1. The van der Waals surface area contributed by atoms with E-state index in [4.69, 9.17) is 16.7 Å². The van der Waals surface area contributed by atoms with Gasteiger partial charge >= 0.3 is 5.97 Å². The molecule has 0 aromatic heterocycles. The van der Waals surface area contributed by atoms with Gasteiger partial charge in [-0.15, -0.1) is 11.6 Å². The van der Waals surface area contributed by atoms with Crippen molar-refractivity contribution in [3.63, 3.8) is 0 Å². The molecule has 0 heterocycles. The van der Waals surface area contributed by atoms with Crippen molar-refractivity contribution in [3.8, 4) is 0 Å². The van der Waals surface area contributed by atoms with Crippen LogP contribution in [0.25, 0.3) is 0 Å². The van der Waals surface area contributed by atoms with E-state index in [0.29, 0.717) is 18.4 Å². The summed E-state index contributed by atoms with van der Waals surface area (Å²) in [5.41, 5.74) is 1.75. The number of halogens is 1. The average Bonchev–Trinajstić information content (AvgIpc) is 2.25. The normalized spacial score (nSPS) is 9.93. The van der Waals surface area contributed by atoms with Gasteiger partial charge in [0.25, 0.3) is 0 Å². The predicted octanol–water partition coefficient (Wildman–Crippen LogP) is 2.26. The first kappa shape index (κ1) is 11.7. The van der Waals surface area contributed by atoms with Crippen LogP contribution >= 0.6 is 11.6 Å². The average molecular weight is 227 g/mol. The molecule has 1 N–H and O–H groups in total. The summed E-state index contributed by atoms with van der Waals surface area (Å²) in [4.78, 5) is 21.0. The highest BCUT2D eigenvalue weighted by Gasteiger charge is 2.09. The number of alkyl halides is 1. The largest absolute Gasteiger partial charge is 0.478 e. The zero-order valence-electron chi connectivity index (χ0n) is 8.07. The molecule has 0 spiro atoms. The van der Waals surface area contributed by atoms with Crippen LogP contribution in [0.4, 0.5) is 0 Å². The maximum Gasteiger partial charge on any atom is 0.336 e. The number of carboxylic acid groups (broad SMARTS) is 1. The van der Waals surface area contributed by atoms with E-state index in [1.165, 1.54) is 6.07 Å². The molecule has 0 radical (unpaired) electrons. The molecule has 15 heavy (non-hydrogen) atoms. The molecule has 1 aromatic rings. The predicted molar refractivity (Wildman–Crippen MR) is 57.3 cm³/mol. The molecule has 0 aliphatic heterocycles. The lowest BCUT2D eigenvalue weighted by Gasteiger charge is -2.05. The van der Waals surface area contributed by atoms with Gasteiger partial charge in [0, 0.05) is 12.3 Å². The standard InChI is InChI=1S/C11H11ClO3/c12-7-9-6-8(2-1-5-13)3-4-10(9)11(14)15/h3-6H,1-2,7H2,(H,14,15). The molecule has 0 aliphatic rings. The third kappa shape index (κ3) is 3.06. The van der Waals surface area contributed by atoms with Crippen molar-refractivity contribution in [3.05, 3.63) is 34.9 Å². The molecule has 3 nitrogen and oxygen atoms in total. The first-order valence-electron chi connectivity index (χ1n) is 4.53. The Labute approximate surface area is 92.7 Å². The summed E-state index contributed by atoms with van der Waals surface area (Å²) in [7, 11) is 0. The van der Waals surface area contributed by atoms with Gasteiger partial charge in [0.15, 0.2) is 0 Å². The van der Waals surface area contributed by atoms with E-state index < -0.39 is 5.97 Å². The van der Waals surface area contributed by atoms with E-state index in [0.717, 1.165) is 11.8 Å². The van der Waals surface area contributed by atoms with Gasteiger partial charge in [-0.1, -0.05) is 12.1 Å². The minimum atomic E-state index is -0.979. The van der Waals surface area contributed by atoms with Crippen LogP contribution in [0, 0.1) is 0 Å². The Kier molecular flexibility index (Phi) is 4.31. The molecule has 0 atom stereocenters. The summed E-state index contributed by atoms with van der Waals surface area (Å²) in [5.74, 6) is -0.816. The van der Waals surface area contributed by atoms with Gasteiger partial charge < -0.3 is 9.90 Å². The third-order valence-electron chi connectivity index (χ3n) is 2.09. The van der Waals surface area contributed by atoms with Crippen LogP contribution in [0.2, 0.25) is 0 Å². The summed E-state index contributed by atoms with van der Waals surface area (Å²) >= 11 is 5.65. The Morgan fingerprint density at radius 1 is 1.47 bits per heavy atom. The molecule has 0 amide bonds. The van der Waals surface area contributed by atoms with E-state index in [2.05, 4.69) is 0 Å². The van der Waals surface area contributed by atoms with Gasteiger partial charge in [-0.05, 0) is 23.6 Å². The molecular formula is C11H11ClO3. The van der Waals surface area contributed by atoms with Crippen LogP contribution in [0.5, 0.6) is 0 Å². The summed E-state index contributed by atoms with van der Waals surface area (Å²) in [6.45, 7) is 0. The van der Waals surface area contributed by atoms with Crippen LogP contribution in [0.3, 0.4) is 0 Å². The van der Waals surface area contributed by atoms with E-state index in [1.54, 1.807) is 12.1 Å². The quantitative estimate of drug-likeness (QED) is 0.619. The monoisotopic (exact) mass is 226 g/mol. The minimum absolute atomic E-state index is 0.163. The molecule has 0 saturated heterocycles. The Hall–Kier alpha value is -1.35. The number of carbonyl (C=O) groups is 2. The Morgan fingerprint density at radius 3 is 2.73 bits per heavy atom. The summed E-state index contributed by atoms with van der Waals surface area (Å²) in [5, 5.41) is 8.85. The molecule has 4 heteroatoms. The topological polar surface area (TPSA) is 54.4 Å².